The molecule has 3 N–H and O–H groups in total. The zero-order valence-corrected chi connectivity index (χ0v) is 16.0. The molecule has 1 aromatic heterocycles. The number of nitrogen functional groups attached to an aromatic ring is 1. The predicted octanol–water partition coefficient (Wildman–Crippen LogP) is 4.21. The molecule has 0 saturated heterocycles. The van der Waals surface area contributed by atoms with Crippen molar-refractivity contribution in [2.45, 2.75) is 44.6 Å². The summed E-state index contributed by atoms with van der Waals surface area (Å²) in [6.07, 6.45) is 10.2. The van der Waals surface area contributed by atoms with Gasteiger partial charge in [-0.25, -0.2) is 15.2 Å². The van der Waals surface area contributed by atoms with E-state index in [0.717, 1.165) is 16.6 Å². The van der Waals surface area contributed by atoms with Gasteiger partial charge in [0.05, 0.1) is 28.6 Å². The second-order valence-electron chi connectivity index (χ2n) is 7.74. The molecular weight excluding hydrogens is 369 g/mol. The van der Waals surface area contributed by atoms with Gasteiger partial charge in [-0.15, -0.1) is 0 Å². The van der Waals surface area contributed by atoms with Crippen molar-refractivity contribution in [2.75, 3.05) is 0 Å². The molecule has 2 heterocycles. The molecule has 2 aromatic carbocycles. The van der Waals surface area contributed by atoms with Crippen LogP contribution < -0.4 is 11.3 Å². The van der Waals surface area contributed by atoms with E-state index in [1.807, 2.05) is 23.9 Å². The molecule has 29 heavy (non-hydrogen) atoms. The molecule has 0 spiro atoms. The number of carbonyl (C=O) groups is 1. The molecule has 1 saturated carbocycles. The van der Waals surface area contributed by atoms with Gasteiger partial charge in [0.25, 0.3) is 5.91 Å². The molecule has 1 fully saturated rings. The van der Waals surface area contributed by atoms with Gasteiger partial charge in [-0.05, 0) is 42.2 Å². The van der Waals surface area contributed by atoms with Gasteiger partial charge in [-0.3, -0.25) is 15.2 Å². The van der Waals surface area contributed by atoms with Gasteiger partial charge < -0.3 is 4.57 Å². The molecule has 2 aliphatic rings. The molecule has 6 nitrogen and oxygen atoms in total. The number of benzene rings is 2. The molecule has 1 aliphatic carbocycles. The maximum atomic E-state index is 14.8. The largest absolute Gasteiger partial charge is 0.327 e. The second kappa shape index (κ2) is 7.08. The van der Waals surface area contributed by atoms with Crippen molar-refractivity contribution in [3.63, 3.8) is 0 Å². The van der Waals surface area contributed by atoms with Crippen LogP contribution in [0.4, 0.5) is 10.1 Å². The van der Waals surface area contributed by atoms with E-state index in [0.29, 0.717) is 29.3 Å². The maximum absolute atomic E-state index is 14.8. The van der Waals surface area contributed by atoms with Crippen LogP contribution in [-0.2, 0) is 6.42 Å². The standard InChI is InChI=1S/C22H22FN5O/c23-17-11-16(21-15(8-9-25-21)20(17)22(29)27-24)13-6-7-19-18(10-13)26-12-28(19)14-4-2-1-3-5-14/h6-7,9-12,14H,1-5,8,24H2,(H,27,29). The molecule has 1 aliphatic heterocycles. The highest BCUT2D eigenvalue weighted by Gasteiger charge is 2.25. The third-order valence-electron chi connectivity index (χ3n) is 6.08. The summed E-state index contributed by atoms with van der Waals surface area (Å²) in [7, 11) is 0. The van der Waals surface area contributed by atoms with Gasteiger partial charge in [0.2, 0.25) is 0 Å². The fourth-order valence-electron chi connectivity index (χ4n) is 4.65. The van der Waals surface area contributed by atoms with E-state index in [9.17, 15) is 9.18 Å². The minimum atomic E-state index is -0.641. The van der Waals surface area contributed by atoms with Crippen LogP contribution in [-0.4, -0.2) is 21.7 Å². The Balaban J connectivity index is 1.60. The Bertz CT molecular complexity index is 1140. The van der Waals surface area contributed by atoms with Gasteiger partial charge in [0.1, 0.15) is 5.82 Å². The first-order valence-electron chi connectivity index (χ1n) is 10.0. The van der Waals surface area contributed by atoms with Crippen LogP contribution in [0, 0.1) is 5.82 Å². The molecule has 0 bridgehead atoms. The van der Waals surface area contributed by atoms with Crippen LogP contribution in [0.25, 0.3) is 22.2 Å². The summed E-state index contributed by atoms with van der Waals surface area (Å²) >= 11 is 0. The van der Waals surface area contributed by atoms with E-state index in [-0.39, 0.29) is 5.56 Å². The number of hydrazine groups is 1. The third kappa shape index (κ3) is 2.93. The fraction of sp³-hybridized carbons (Fsp3) is 0.318. The predicted molar refractivity (Wildman–Crippen MR) is 111 cm³/mol. The molecule has 0 radical (unpaired) electrons. The SMILES string of the molecule is NNC(=O)c1c(F)cc(-c2ccc3c(c2)ncn3C2CCCCC2)c2c1CC=N2. The lowest BCUT2D eigenvalue weighted by atomic mass is 9.94. The van der Waals surface area contributed by atoms with Gasteiger partial charge in [0, 0.05) is 24.2 Å². The van der Waals surface area contributed by atoms with Crippen LogP contribution in [0.1, 0.15) is 54.1 Å². The van der Waals surface area contributed by atoms with Crippen LogP contribution in [0.3, 0.4) is 0 Å². The summed E-state index contributed by atoms with van der Waals surface area (Å²) < 4.78 is 17.1. The number of aliphatic imine (C=N–C) groups is 1. The summed E-state index contributed by atoms with van der Waals surface area (Å²) in [6.45, 7) is 0. The van der Waals surface area contributed by atoms with Crippen molar-refractivity contribution >= 4 is 28.8 Å². The first-order chi connectivity index (χ1) is 14.2. The van der Waals surface area contributed by atoms with Crippen molar-refractivity contribution in [3.05, 3.63) is 47.5 Å². The number of nitrogens with zero attached hydrogens (tertiary/aromatic N) is 3. The summed E-state index contributed by atoms with van der Waals surface area (Å²) in [6, 6.07) is 7.87. The Morgan fingerprint density at radius 1 is 1.21 bits per heavy atom. The number of nitrogens with one attached hydrogen (secondary N) is 1. The Morgan fingerprint density at radius 2 is 2.03 bits per heavy atom. The summed E-state index contributed by atoms with van der Waals surface area (Å²) in [4.78, 5) is 21.0. The van der Waals surface area contributed by atoms with Crippen molar-refractivity contribution in [1.82, 2.24) is 15.0 Å². The van der Waals surface area contributed by atoms with E-state index < -0.39 is 11.7 Å². The molecule has 5 rings (SSSR count). The van der Waals surface area contributed by atoms with E-state index in [1.54, 1.807) is 6.21 Å². The Morgan fingerprint density at radius 3 is 2.83 bits per heavy atom. The highest BCUT2D eigenvalue weighted by Crippen LogP contribution is 2.40. The number of aromatic nitrogens is 2. The quantitative estimate of drug-likeness (QED) is 0.398. The minimum absolute atomic E-state index is 0.0357. The fourth-order valence-corrected chi connectivity index (χ4v) is 4.65. The number of carbonyl (C=O) groups excluding carboxylic acids is 1. The Labute approximate surface area is 167 Å². The van der Waals surface area contributed by atoms with Crippen molar-refractivity contribution in [3.8, 4) is 11.1 Å². The topological polar surface area (TPSA) is 85.3 Å². The minimum Gasteiger partial charge on any atom is -0.327 e. The van der Waals surface area contributed by atoms with Crippen LogP contribution >= 0.6 is 0 Å². The number of amides is 1. The van der Waals surface area contributed by atoms with Crippen molar-refractivity contribution in [1.29, 1.82) is 0 Å². The monoisotopic (exact) mass is 391 g/mol. The number of imidazole rings is 1. The summed E-state index contributed by atoms with van der Waals surface area (Å²) in [5.74, 6) is 3.99. The number of fused-ring (bicyclic) bond motifs is 2. The first-order valence-corrected chi connectivity index (χ1v) is 10.0. The van der Waals surface area contributed by atoms with E-state index in [2.05, 4.69) is 20.6 Å². The Hall–Kier alpha value is -3.06. The number of rotatable bonds is 3. The maximum Gasteiger partial charge on any atom is 0.268 e. The first kappa shape index (κ1) is 18.0. The van der Waals surface area contributed by atoms with Crippen molar-refractivity contribution in [2.24, 2.45) is 10.8 Å². The zero-order chi connectivity index (χ0) is 20.0. The number of hydrogen-bond acceptors (Lipinski definition) is 4. The normalized spacial score (nSPS) is 16.3. The van der Waals surface area contributed by atoms with Gasteiger partial charge >= 0.3 is 0 Å². The lowest BCUT2D eigenvalue weighted by Gasteiger charge is -2.23. The summed E-state index contributed by atoms with van der Waals surface area (Å²) in [5.41, 5.74) is 6.65. The van der Waals surface area contributed by atoms with Crippen molar-refractivity contribution < 1.29 is 9.18 Å². The number of halogens is 1. The lowest BCUT2D eigenvalue weighted by Crippen LogP contribution is -2.31. The van der Waals surface area contributed by atoms with Gasteiger partial charge in [-0.2, -0.15) is 0 Å². The molecule has 1 amide bonds. The smallest absolute Gasteiger partial charge is 0.268 e. The molecular formula is C22H22FN5O. The number of hydrogen-bond donors (Lipinski definition) is 2. The van der Waals surface area contributed by atoms with Crippen LogP contribution in [0.5, 0.6) is 0 Å². The lowest BCUT2D eigenvalue weighted by molar-refractivity contribution is 0.0949. The summed E-state index contributed by atoms with van der Waals surface area (Å²) in [5, 5.41) is 0. The van der Waals surface area contributed by atoms with E-state index in [1.165, 1.54) is 38.2 Å². The average Bonchev–Trinajstić information content (AvgIpc) is 3.40. The highest BCUT2D eigenvalue weighted by molar-refractivity contribution is 6.02. The van der Waals surface area contributed by atoms with E-state index in [4.69, 9.17) is 5.84 Å². The third-order valence-corrected chi connectivity index (χ3v) is 6.08. The highest BCUT2D eigenvalue weighted by atomic mass is 19.1. The molecule has 0 unspecified atom stereocenters. The molecule has 0 atom stereocenters. The Kier molecular flexibility index (Phi) is 4.39. The van der Waals surface area contributed by atoms with E-state index >= 15 is 0 Å². The zero-order valence-electron chi connectivity index (χ0n) is 16.0. The van der Waals surface area contributed by atoms with Crippen LogP contribution in [0.2, 0.25) is 0 Å². The number of nitrogens with two attached hydrogens (primary N) is 1. The van der Waals surface area contributed by atoms with Gasteiger partial charge in [0.15, 0.2) is 0 Å². The molecule has 148 valence electrons. The van der Waals surface area contributed by atoms with Crippen LogP contribution in [0.15, 0.2) is 35.6 Å². The van der Waals surface area contributed by atoms with Gasteiger partial charge in [-0.1, -0.05) is 25.3 Å². The average molecular weight is 391 g/mol. The molecule has 7 heteroatoms. The second-order valence-corrected chi connectivity index (χ2v) is 7.74. The molecule has 3 aromatic rings.